The zero-order chi connectivity index (χ0) is 15.8. The number of guanidine groups is 1. The summed E-state index contributed by atoms with van der Waals surface area (Å²) in [6.45, 7) is 6.39. The molecule has 0 unspecified atom stereocenters. The van der Waals surface area contributed by atoms with E-state index in [0.29, 0.717) is 5.41 Å². The second-order valence-corrected chi connectivity index (χ2v) is 7.34. The number of aryl methyl sites for hydroxylation is 2. The maximum absolute atomic E-state index is 4.50. The molecule has 0 bridgehead atoms. The first-order chi connectivity index (χ1) is 10.7. The van der Waals surface area contributed by atoms with Crippen molar-refractivity contribution >= 4 is 41.3 Å². The summed E-state index contributed by atoms with van der Waals surface area (Å²) < 4.78 is 0. The van der Waals surface area contributed by atoms with Crippen molar-refractivity contribution in [1.29, 1.82) is 0 Å². The van der Waals surface area contributed by atoms with Crippen LogP contribution >= 0.6 is 35.3 Å². The molecule has 0 spiro atoms. The summed E-state index contributed by atoms with van der Waals surface area (Å²) in [7, 11) is 1.85. The van der Waals surface area contributed by atoms with Crippen LogP contribution in [0, 0.1) is 12.3 Å². The third-order valence-electron chi connectivity index (χ3n) is 4.80. The molecule has 6 heteroatoms. The van der Waals surface area contributed by atoms with E-state index in [1.165, 1.54) is 37.1 Å². The topological polar surface area (TPSA) is 49.3 Å². The van der Waals surface area contributed by atoms with E-state index < -0.39 is 0 Å². The molecule has 0 saturated heterocycles. The Labute approximate surface area is 162 Å². The summed E-state index contributed by atoms with van der Waals surface area (Å²) in [4.78, 5) is 8.83. The Kier molecular flexibility index (Phi) is 9.43. The predicted molar refractivity (Wildman–Crippen MR) is 111 cm³/mol. The molecular weight excluding hydrogens is 419 g/mol. The van der Waals surface area contributed by atoms with Gasteiger partial charge in [-0.1, -0.05) is 13.3 Å². The molecule has 23 heavy (non-hydrogen) atoms. The second-order valence-electron chi connectivity index (χ2n) is 6.40. The highest BCUT2D eigenvalue weighted by Gasteiger charge is 2.34. The molecule has 132 valence electrons. The van der Waals surface area contributed by atoms with Gasteiger partial charge in [0, 0.05) is 31.2 Å². The normalized spacial score (nSPS) is 16.4. The number of nitrogens with zero attached hydrogens (tertiary/aromatic N) is 2. The largest absolute Gasteiger partial charge is 0.356 e. The van der Waals surface area contributed by atoms with E-state index in [0.717, 1.165) is 37.6 Å². The average molecular weight is 450 g/mol. The van der Waals surface area contributed by atoms with Crippen LogP contribution in [0.5, 0.6) is 0 Å². The quantitative estimate of drug-likeness (QED) is 0.271. The highest BCUT2D eigenvalue weighted by atomic mass is 127. The molecule has 1 aromatic heterocycles. The number of thiazole rings is 1. The molecule has 0 aromatic carbocycles. The first kappa shape index (κ1) is 20.7. The van der Waals surface area contributed by atoms with Crippen molar-refractivity contribution in [1.82, 2.24) is 15.6 Å². The molecule has 2 rings (SSSR count). The molecule has 0 aliphatic heterocycles. The maximum atomic E-state index is 4.50. The Balaban J connectivity index is 0.00000264. The molecule has 1 saturated carbocycles. The molecule has 1 fully saturated rings. The van der Waals surface area contributed by atoms with Crippen molar-refractivity contribution in [2.75, 3.05) is 20.1 Å². The van der Waals surface area contributed by atoms with Crippen molar-refractivity contribution in [3.8, 4) is 0 Å². The van der Waals surface area contributed by atoms with Gasteiger partial charge in [-0.15, -0.1) is 35.3 Å². The monoisotopic (exact) mass is 450 g/mol. The van der Waals surface area contributed by atoms with E-state index in [9.17, 15) is 0 Å². The maximum Gasteiger partial charge on any atom is 0.190 e. The summed E-state index contributed by atoms with van der Waals surface area (Å²) in [5.74, 6) is 0.949. The van der Waals surface area contributed by atoms with Crippen LogP contribution in [0.15, 0.2) is 10.4 Å². The van der Waals surface area contributed by atoms with Crippen molar-refractivity contribution in [3.05, 3.63) is 16.1 Å². The van der Waals surface area contributed by atoms with E-state index in [1.54, 1.807) is 11.3 Å². The lowest BCUT2D eigenvalue weighted by Crippen LogP contribution is -2.46. The van der Waals surface area contributed by atoms with Crippen molar-refractivity contribution in [2.45, 2.75) is 58.8 Å². The number of aromatic nitrogens is 1. The van der Waals surface area contributed by atoms with E-state index >= 15 is 0 Å². The van der Waals surface area contributed by atoms with Crippen molar-refractivity contribution in [2.24, 2.45) is 10.4 Å². The van der Waals surface area contributed by atoms with Gasteiger partial charge in [0.1, 0.15) is 0 Å². The predicted octanol–water partition coefficient (Wildman–Crippen LogP) is 4.14. The van der Waals surface area contributed by atoms with E-state index in [2.05, 4.69) is 39.8 Å². The number of rotatable bonds is 8. The van der Waals surface area contributed by atoms with Crippen LogP contribution in [0.4, 0.5) is 0 Å². The summed E-state index contributed by atoms with van der Waals surface area (Å²) in [5, 5.41) is 10.3. The summed E-state index contributed by atoms with van der Waals surface area (Å²) in [6, 6.07) is 0. The van der Waals surface area contributed by atoms with Crippen LogP contribution in [-0.2, 0) is 6.42 Å². The fraction of sp³-hybridized carbons (Fsp3) is 0.765. The Hall–Kier alpha value is -0.370. The fourth-order valence-corrected chi connectivity index (χ4v) is 3.77. The second kappa shape index (κ2) is 10.5. The molecular formula is C17H31IN4S. The van der Waals surface area contributed by atoms with Gasteiger partial charge in [-0.3, -0.25) is 4.99 Å². The molecule has 1 aromatic rings. The Morgan fingerprint density at radius 2 is 2.13 bits per heavy atom. The van der Waals surface area contributed by atoms with Gasteiger partial charge < -0.3 is 10.6 Å². The standard InChI is InChI=1S/C17H30N4S.HI/c1-4-17(9-7-10-17)13-20-16(18-3)19-11-6-5-8-15-21-14(2)12-22-15;/h12H,4-11,13H2,1-3H3,(H2,18,19,20);1H. The van der Waals surface area contributed by atoms with Crippen LogP contribution in [0.2, 0.25) is 0 Å². The van der Waals surface area contributed by atoms with E-state index in [1.807, 2.05) is 7.05 Å². The smallest absolute Gasteiger partial charge is 0.190 e. The SMILES string of the molecule is CCC1(CNC(=NC)NCCCCc2nc(C)cs2)CCC1.I. The van der Waals surface area contributed by atoms with Gasteiger partial charge in [0.05, 0.1) is 5.01 Å². The number of unbranched alkanes of at least 4 members (excludes halogenated alkanes) is 1. The minimum absolute atomic E-state index is 0. The summed E-state index contributed by atoms with van der Waals surface area (Å²) in [5.41, 5.74) is 1.67. The lowest BCUT2D eigenvalue weighted by atomic mass is 9.67. The molecule has 0 radical (unpaired) electrons. The van der Waals surface area contributed by atoms with Crippen LogP contribution in [0.25, 0.3) is 0 Å². The fourth-order valence-electron chi connectivity index (χ4n) is 2.95. The lowest BCUT2D eigenvalue weighted by Gasteiger charge is -2.41. The zero-order valence-corrected chi connectivity index (χ0v) is 17.8. The van der Waals surface area contributed by atoms with Gasteiger partial charge >= 0.3 is 0 Å². The third-order valence-corrected chi connectivity index (χ3v) is 5.82. The number of halogens is 1. The Morgan fingerprint density at radius 1 is 1.35 bits per heavy atom. The van der Waals surface area contributed by atoms with Gasteiger partial charge in [0.25, 0.3) is 0 Å². The van der Waals surface area contributed by atoms with Crippen molar-refractivity contribution in [3.63, 3.8) is 0 Å². The Morgan fingerprint density at radius 3 is 2.65 bits per heavy atom. The molecule has 0 atom stereocenters. The molecule has 4 nitrogen and oxygen atoms in total. The van der Waals surface area contributed by atoms with Crippen LogP contribution in [0.1, 0.15) is 56.2 Å². The molecule has 2 N–H and O–H groups in total. The average Bonchev–Trinajstić information content (AvgIpc) is 2.89. The van der Waals surface area contributed by atoms with E-state index in [4.69, 9.17) is 0 Å². The lowest BCUT2D eigenvalue weighted by molar-refractivity contribution is 0.131. The minimum Gasteiger partial charge on any atom is -0.356 e. The third kappa shape index (κ3) is 6.57. The first-order valence-electron chi connectivity index (χ1n) is 8.53. The molecule has 1 heterocycles. The first-order valence-corrected chi connectivity index (χ1v) is 9.41. The molecule has 0 amide bonds. The highest BCUT2D eigenvalue weighted by molar-refractivity contribution is 14.0. The number of hydrogen-bond donors (Lipinski definition) is 2. The zero-order valence-electron chi connectivity index (χ0n) is 14.7. The van der Waals surface area contributed by atoms with Crippen LogP contribution in [-0.4, -0.2) is 31.1 Å². The van der Waals surface area contributed by atoms with Gasteiger partial charge in [-0.05, 0) is 50.9 Å². The van der Waals surface area contributed by atoms with E-state index in [-0.39, 0.29) is 24.0 Å². The summed E-state index contributed by atoms with van der Waals surface area (Å²) >= 11 is 1.77. The van der Waals surface area contributed by atoms with Gasteiger partial charge in [0.2, 0.25) is 0 Å². The highest BCUT2D eigenvalue weighted by Crippen LogP contribution is 2.42. The minimum atomic E-state index is 0. The van der Waals surface area contributed by atoms with Gasteiger partial charge in [0.15, 0.2) is 5.96 Å². The number of hydrogen-bond acceptors (Lipinski definition) is 3. The molecule has 1 aliphatic rings. The summed E-state index contributed by atoms with van der Waals surface area (Å²) in [6.07, 6.45) is 8.79. The number of nitrogens with one attached hydrogen (secondary N) is 2. The molecule has 1 aliphatic carbocycles. The van der Waals surface area contributed by atoms with Crippen molar-refractivity contribution < 1.29 is 0 Å². The Bertz CT molecular complexity index is 477. The van der Waals surface area contributed by atoms with Crippen LogP contribution in [0.3, 0.4) is 0 Å². The number of aliphatic imine (C=N–C) groups is 1. The van der Waals surface area contributed by atoms with Gasteiger partial charge in [-0.25, -0.2) is 4.98 Å². The van der Waals surface area contributed by atoms with Crippen LogP contribution < -0.4 is 10.6 Å². The van der Waals surface area contributed by atoms with Gasteiger partial charge in [-0.2, -0.15) is 0 Å².